The zero-order valence-corrected chi connectivity index (χ0v) is 7.71. The van der Waals surface area contributed by atoms with Crippen molar-refractivity contribution in [1.82, 2.24) is 9.97 Å². The Morgan fingerprint density at radius 1 is 1.62 bits per heavy atom. The highest BCUT2D eigenvalue weighted by Crippen LogP contribution is 2.13. The normalized spacial score (nSPS) is 44.2. The Kier molecular flexibility index (Phi) is 0.897. The molecule has 2 heterocycles. The van der Waals surface area contributed by atoms with Gasteiger partial charge >= 0.3 is 0 Å². The van der Waals surface area contributed by atoms with Crippen LogP contribution >= 0.6 is 15.9 Å². The van der Waals surface area contributed by atoms with Gasteiger partial charge in [-0.2, -0.15) is 0 Å². The fourth-order valence-electron chi connectivity index (χ4n) is 0.667. The largest absolute Gasteiger partial charge is 0.378 e. The summed E-state index contributed by atoms with van der Waals surface area (Å²) in [6.07, 6.45) is -0.666. The second-order valence-corrected chi connectivity index (χ2v) is 2.63. The molecule has 0 aliphatic carbocycles. The van der Waals surface area contributed by atoms with Crippen LogP contribution in [-0.4, -0.2) is 36.1 Å². The van der Waals surface area contributed by atoms with Crippen molar-refractivity contribution in [3.05, 3.63) is 16.9 Å². The zero-order valence-electron chi connectivity index (χ0n) is 16.1. The average Bonchev–Trinajstić information content (AvgIpc) is 2.31. The molecular formula is C8H10BrN3O. The molecule has 2 rings (SSSR count). The van der Waals surface area contributed by atoms with E-state index in [1.165, 1.54) is 0 Å². The Labute approximate surface area is 99.1 Å². The third-order valence-electron chi connectivity index (χ3n) is 1.14. The highest BCUT2D eigenvalue weighted by Gasteiger charge is 2.12. The third-order valence-corrected chi connectivity index (χ3v) is 1.50. The van der Waals surface area contributed by atoms with Crippen molar-refractivity contribution in [2.45, 2.75) is 0 Å². The van der Waals surface area contributed by atoms with E-state index >= 15 is 0 Å². The summed E-state index contributed by atoms with van der Waals surface area (Å²) in [5.74, 6) is -0.775. The van der Waals surface area contributed by atoms with Gasteiger partial charge in [-0.05, 0) is 22.0 Å². The van der Waals surface area contributed by atoms with E-state index in [2.05, 4.69) is 30.6 Å². The van der Waals surface area contributed by atoms with E-state index in [1.807, 2.05) is 0 Å². The number of aromatic nitrogens is 2. The Balaban J connectivity index is 2.80. The number of rotatable bonds is 1. The van der Waals surface area contributed by atoms with Crippen LogP contribution in [0.3, 0.4) is 0 Å². The van der Waals surface area contributed by atoms with Crippen LogP contribution in [0.2, 0.25) is 0 Å². The first-order valence-corrected chi connectivity index (χ1v) is 3.96. The number of hydrogen-bond acceptors (Lipinski definition) is 4. The van der Waals surface area contributed by atoms with Gasteiger partial charge in [-0.15, -0.1) is 0 Å². The number of ether oxygens (including phenoxy) is 1. The molecule has 13 heavy (non-hydrogen) atoms. The predicted molar refractivity (Wildman–Crippen MR) is 52.8 cm³/mol. The highest BCUT2D eigenvalue weighted by molar-refractivity contribution is 9.10. The second kappa shape index (κ2) is 4.02. The minimum atomic E-state index is -3.26. The van der Waals surface area contributed by atoms with Crippen molar-refractivity contribution in [2.24, 2.45) is 0 Å². The van der Waals surface area contributed by atoms with Crippen molar-refractivity contribution >= 4 is 21.7 Å². The summed E-state index contributed by atoms with van der Waals surface area (Å²) in [6, 6.07) is -0.783. The fraction of sp³-hybridized carbons (Fsp3) is 0.500. The van der Waals surface area contributed by atoms with Crippen LogP contribution in [0, 0.1) is 0 Å². The van der Waals surface area contributed by atoms with Crippen molar-refractivity contribution < 1.29 is 18.4 Å². The van der Waals surface area contributed by atoms with Crippen LogP contribution in [0.5, 0.6) is 0 Å². The van der Waals surface area contributed by atoms with Crippen LogP contribution in [0.4, 0.5) is 5.82 Å². The lowest BCUT2D eigenvalue weighted by Gasteiger charge is -2.27. The van der Waals surface area contributed by atoms with E-state index in [0.717, 1.165) is 0 Å². The lowest BCUT2D eigenvalue weighted by atomic mass is 10.4. The maximum Gasteiger partial charge on any atom is 0.198 e. The Morgan fingerprint density at radius 2 is 2.38 bits per heavy atom. The maximum absolute atomic E-state index is 7.86. The molecular weight excluding hydrogens is 234 g/mol. The average molecular weight is 254 g/mol. The van der Waals surface area contributed by atoms with Crippen molar-refractivity contribution in [3.63, 3.8) is 0 Å². The SMILES string of the molecule is [2H]c1nc(Br)nc(N2C([2H])([2H])C([2H])([2H])OC([2H])([2H])C2([2H])[2H])c1[2H]. The molecule has 1 aromatic rings. The Hall–Kier alpha value is -0.680. The smallest absolute Gasteiger partial charge is 0.198 e. The van der Waals surface area contributed by atoms with Gasteiger partial charge in [-0.3, -0.25) is 0 Å². The molecule has 0 amide bonds. The monoisotopic (exact) mass is 253 g/mol. The summed E-state index contributed by atoms with van der Waals surface area (Å²) in [4.78, 5) is 7.16. The molecule has 0 N–H and O–H groups in total. The summed E-state index contributed by atoms with van der Waals surface area (Å²) in [7, 11) is 0. The molecule has 0 bridgehead atoms. The van der Waals surface area contributed by atoms with Crippen LogP contribution in [0.1, 0.15) is 13.7 Å². The zero-order chi connectivity index (χ0) is 18.0. The van der Waals surface area contributed by atoms with Gasteiger partial charge in [0.25, 0.3) is 0 Å². The van der Waals surface area contributed by atoms with Crippen LogP contribution in [-0.2, 0) is 4.74 Å². The maximum atomic E-state index is 7.86. The number of morpholine rings is 1. The van der Waals surface area contributed by atoms with Gasteiger partial charge in [0.15, 0.2) is 4.73 Å². The van der Waals surface area contributed by atoms with Crippen LogP contribution in [0.25, 0.3) is 0 Å². The molecule has 1 aliphatic heterocycles. The van der Waals surface area contributed by atoms with E-state index in [1.54, 1.807) is 0 Å². The Bertz CT molecular complexity index is 627. The van der Waals surface area contributed by atoms with Gasteiger partial charge in [-0.25, -0.2) is 9.97 Å². The van der Waals surface area contributed by atoms with Gasteiger partial charge in [0, 0.05) is 19.2 Å². The topological polar surface area (TPSA) is 38.2 Å². The van der Waals surface area contributed by atoms with Crippen molar-refractivity contribution in [3.8, 4) is 0 Å². The van der Waals surface area contributed by atoms with E-state index in [4.69, 9.17) is 13.7 Å². The minimum absolute atomic E-state index is 0.0380. The molecule has 0 saturated carbocycles. The molecule has 0 aromatic carbocycles. The third kappa shape index (κ3) is 2.16. The quantitative estimate of drug-likeness (QED) is 0.703. The second-order valence-electron chi connectivity index (χ2n) is 1.92. The number of hydrogen-bond donors (Lipinski definition) is 0. The summed E-state index contributed by atoms with van der Waals surface area (Å²) in [5, 5.41) is 0. The lowest BCUT2D eigenvalue weighted by Crippen LogP contribution is -2.36. The van der Waals surface area contributed by atoms with Gasteiger partial charge in [-0.1, -0.05) is 0 Å². The molecule has 1 fully saturated rings. The van der Waals surface area contributed by atoms with Gasteiger partial charge in [0.05, 0.1) is 26.8 Å². The van der Waals surface area contributed by atoms with E-state index in [0.29, 0.717) is 0 Å². The van der Waals surface area contributed by atoms with E-state index in [-0.39, 0.29) is 9.63 Å². The number of anilines is 1. The molecule has 70 valence electrons. The number of halogens is 1. The predicted octanol–water partition coefficient (Wildman–Crippen LogP) is 1.08. The molecule has 0 unspecified atom stereocenters. The molecule has 5 heteroatoms. The van der Waals surface area contributed by atoms with Crippen molar-refractivity contribution in [1.29, 1.82) is 0 Å². The first-order chi connectivity index (χ1) is 10.1. The molecule has 0 radical (unpaired) electrons. The first kappa shape index (κ1) is 2.90. The molecule has 0 atom stereocenters. The molecule has 0 spiro atoms. The first-order valence-electron chi connectivity index (χ1n) is 8.16. The molecule has 4 nitrogen and oxygen atoms in total. The van der Waals surface area contributed by atoms with E-state index in [9.17, 15) is 0 Å². The van der Waals surface area contributed by atoms with Gasteiger partial charge < -0.3 is 9.64 Å². The minimum Gasteiger partial charge on any atom is -0.378 e. The van der Waals surface area contributed by atoms with E-state index < -0.39 is 44.1 Å². The highest BCUT2D eigenvalue weighted by atomic mass is 79.9. The standard InChI is InChI=1S/C8H10BrN3O/c9-8-10-2-1-7(11-8)12-3-5-13-6-4-12/h1-2H,3-6H2/i1D,2D,3D2,4D2,5D2,6D2. The number of nitrogens with zero attached hydrogens (tertiary/aromatic N) is 3. The fourth-order valence-corrected chi connectivity index (χ4v) is 0.923. The van der Waals surface area contributed by atoms with Crippen LogP contribution in [0.15, 0.2) is 16.9 Å². The summed E-state index contributed by atoms with van der Waals surface area (Å²) >= 11 is 2.83. The van der Waals surface area contributed by atoms with Crippen molar-refractivity contribution in [2.75, 3.05) is 31.0 Å². The molecule has 1 aliphatic rings. The summed E-state index contributed by atoms with van der Waals surface area (Å²) in [5.41, 5.74) is 0. The lowest BCUT2D eigenvalue weighted by molar-refractivity contribution is 0.122. The summed E-state index contributed by atoms with van der Waals surface area (Å²) in [6.45, 7) is -13.0. The van der Waals surface area contributed by atoms with Gasteiger partial charge in [0.1, 0.15) is 5.82 Å². The van der Waals surface area contributed by atoms with Crippen LogP contribution < -0.4 is 4.90 Å². The molecule has 1 saturated heterocycles. The molecule has 1 aromatic heterocycles. The van der Waals surface area contributed by atoms with Gasteiger partial charge in [0.2, 0.25) is 0 Å². The Morgan fingerprint density at radius 3 is 3.15 bits per heavy atom. The summed E-state index contributed by atoms with van der Waals surface area (Å²) < 4.78 is 81.1.